The standard InChI is InChI=1S/C20H16ClN3/c1-12-18(15-9-4-7-13-6-2-3-8-14(13)15)20-22-17-11-5-10-16(17)19(21)24(20)23-12/h2-4,6-9H,5,10-11H2,1H3. The Balaban J connectivity index is 1.90. The van der Waals surface area contributed by atoms with E-state index < -0.39 is 0 Å². The molecule has 3 nitrogen and oxygen atoms in total. The molecule has 0 spiro atoms. The molecule has 5 rings (SSSR count). The van der Waals surface area contributed by atoms with E-state index >= 15 is 0 Å². The number of fused-ring (bicyclic) bond motifs is 3. The van der Waals surface area contributed by atoms with E-state index in [1.165, 1.54) is 16.3 Å². The van der Waals surface area contributed by atoms with E-state index in [2.05, 4.69) is 42.5 Å². The number of nitrogens with zero attached hydrogens (tertiary/aromatic N) is 3. The molecule has 2 aromatic carbocycles. The molecule has 0 amide bonds. The van der Waals surface area contributed by atoms with Crippen molar-refractivity contribution in [1.82, 2.24) is 14.6 Å². The van der Waals surface area contributed by atoms with E-state index in [0.29, 0.717) is 0 Å². The van der Waals surface area contributed by atoms with Crippen LogP contribution in [0.15, 0.2) is 42.5 Å². The number of hydrogen-bond acceptors (Lipinski definition) is 2. The number of hydrogen-bond donors (Lipinski definition) is 0. The number of halogens is 1. The molecule has 0 saturated heterocycles. The molecule has 118 valence electrons. The van der Waals surface area contributed by atoms with Crippen molar-refractivity contribution in [3.63, 3.8) is 0 Å². The summed E-state index contributed by atoms with van der Waals surface area (Å²) in [5.74, 6) is 0. The van der Waals surface area contributed by atoms with Gasteiger partial charge in [-0.25, -0.2) is 9.50 Å². The first-order valence-electron chi connectivity index (χ1n) is 8.29. The summed E-state index contributed by atoms with van der Waals surface area (Å²) in [5.41, 5.74) is 6.38. The van der Waals surface area contributed by atoms with Gasteiger partial charge in [0.2, 0.25) is 0 Å². The topological polar surface area (TPSA) is 30.2 Å². The van der Waals surface area contributed by atoms with E-state index in [0.717, 1.165) is 52.6 Å². The van der Waals surface area contributed by atoms with Crippen molar-refractivity contribution in [3.05, 3.63) is 64.6 Å². The highest BCUT2D eigenvalue weighted by atomic mass is 35.5. The van der Waals surface area contributed by atoms with Crippen molar-refractivity contribution >= 4 is 28.0 Å². The minimum atomic E-state index is 0.724. The third kappa shape index (κ3) is 1.85. The molecular weight excluding hydrogens is 318 g/mol. The molecule has 0 aliphatic heterocycles. The van der Waals surface area contributed by atoms with E-state index in [4.69, 9.17) is 21.7 Å². The minimum Gasteiger partial charge on any atom is -0.233 e. The minimum absolute atomic E-state index is 0.724. The van der Waals surface area contributed by atoms with Gasteiger partial charge in [-0.3, -0.25) is 0 Å². The highest BCUT2D eigenvalue weighted by molar-refractivity contribution is 6.30. The second-order valence-electron chi connectivity index (χ2n) is 6.40. The van der Waals surface area contributed by atoms with Gasteiger partial charge in [0.05, 0.1) is 11.3 Å². The van der Waals surface area contributed by atoms with Crippen molar-refractivity contribution in [2.75, 3.05) is 0 Å². The summed E-state index contributed by atoms with van der Waals surface area (Å²) in [6.07, 6.45) is 3.13. The predicted molar refractivity (Wildman–Crippen MR) is 97.7 cm³/mol. The summed E-state index contributed by atoms with van der Waals surface area (Å²) in [6, 6.07) is 14.8. The van der Waals surface area contributed by atoms with Gasteiger partial charge in [0.1, 0.15) is 5.15 Å². The van der Waals surface area contributed by atoms with Gasteiger partial charge in [-0.1, -0.05) is 54.1 Å². The van der Waals surface area contributed by atoms with Crippen LogP contribution in [-0.2, 0) is 12.8 Å². The molecule has 1 aliphatic carbocycles. The lowest BCUT2D eigenvalue weighted by Crippen LogP contribution is -1.99. The maximum Gasteiger partial charge on any atom is 0.165 e. The fourth-order valence-electron chi connectivity index (χ4n) is 3.84. The second-order valence-corrected chi connectivity index (χ2v) is 6.76. The summed E-state index contributed by atoms with van der Waals surface area (Å²) in [4.78, 5) is 4.94. The monoisotopic (exact) mass is 333 g/mol. The number of benzene rings is 2. The Morgan fingerprint density at radius 2 is 1.88 bits per heavy atom. The van der Waals surface area contributed by atoms with Gasteiger partial charge < -0.3 is 0 Å². The van der Waals surface area contributed by atoms with E-state index in [9.17, 15) is 0 Å². The summed E-state index contributed by atoms with van der Waals surface area (Å²) < 4.78 is 1.82. The van der Waals surface area contributed by atoms with E-state index in [1.54, 1.807) is 0 Å². The zero-order chi connectivity index (χ0) is 16.3. The Kier molecular flexibility index (Phi) is 2.95. The lowest BCUT2D eigenvalue weighted by atomic mass is 9.98. The van der Waals surface area contributed by atoms with Crippen LogP contribution in [0.5, 0.6) is 0 Å². The third-order valence-electron chi connectivity index (χ3n) is 4.96. The van der Waals surface area contributed by atoms with Crippen molar-refractivity contribution in [2.45, 2.75) is 26.2 Å². The molecule has 1 aliphatic rings. The Morgan fingerprint density at radius 1 is 1.04 bits per heavy atom. The first-order valence-corrected chi connectivity index (χ1v) is 8.66. The molecule has 2 heterocycles. The lowest BCUT2D eigenvalue weighted by molar-refractivity contribution is 0.896. The van der Waals surface area contributed by atoms with Crippen LogP contribution in [0.25, 0.3) is 27.5 Å². The molecule has 4 heteroatoms. The maximum absolute atomic E-state index is 6.64. The number of rotatable bonds is 1. The third-order valence-corrected chi connectivity index (χ3v) is 5.35. The Labute approximate surface area is 144 Å². The van der Waals surface area contributed by atoms with Crippen LogP contribution in [0.4, 0.5) is 0 Å². The van der Waals surface area contributed by atoms with Gasteiger partial charge >= 0.3 is 0 Å². The summed E-state index contributed by atoms with van der Waals surface area (Å²) >= 11 is 6.64. The maximum atomic E-state index is 6.64. The van der Waals surface area contributed by atoms with Gasteiger partial charge in [0.15, 0.2) is 5.65 Å². The Morgan fingerprint density at radius 3 is 2.79 bits per heavy atom. The quantitative estimate of drug-likeness (QED) is 0.459. The molecule has 0 N–H and O–H groups in total. The van der Waals surface area contributed by atoms with Crippen LogP contribution in [0.3, 0.4) is 0 Å². The van der Waals surface area contributed by atoms with Crippen LogP contribution in [0, 0.1) is 6.92 Å². The predicted octanol–water partition coefficient (Wildman–Crippen LogP) is 5.00. The molecule has 4 aromatic rings. The van der Waals surface area contributed by atoms with Crippen LogP contribution in [-0.4, -0.2) is 14.6 Å². The summed E-state index contributed by atoms with van der Waals surface area (Å²) in [6.45, 7) is 2.03. The molecular formula is C20H16ClN3. The zero-order valence-corrected chi connectivity index (χ0v) is 14.1. The Bertz CT molecular complexity index is 1110. The van der Waals surface area contributed by atoms with Gasteiger partial charge in [-0.2, -0.15) is 5.10 Å². The molecule has 0 atom stereocenters. The normalized spacial score (nSPS) is 13.8. The molecule has 0 unspecified atom stereocenters. The number of aryl methyl sites for hydroxylation is 2. The molecule has 2 aromatic heterocycles. The SMILES string of the molecule is Cc1nn2c(Cl)c3c(nc2c1-c1cccc2ccccc12)CCC3. The van der Waals surface area contributed by atoms with Gasteiger partial charge in [-0.15, -0.1) is 0 Å². The van der Waals surface area contributed by atoms with Crippen LogP contribution < -0.4 is 0 Å². The van der Waals surface area contributed by atoms with Crippen LogP contribution >= 0.6 is 11.6 Å². The van der Waals surface area contributed by atoms with E-state index in [1.807, 2.05) is 11.4 Å². The molecule has 0 saturated carbocycles. The molecule has 0 radical (unpaired) electrons. The summed E-state index contributed by atoms with van der Waals surface area (Å²) in [7, 11) is 0. The first kappa shape index (κ1) is 14.0. The van der Waals surface area contributed by atoms with Crippen molar-refractivity contribution in [3.8, 4) is 11.1 Å². The highest BCUT2D eigenvalue weighted by Crippen LogP contribution is 2.36. The largest absolute Gasteiger partial charge is 0.233 e. The average molecular weight is 334 g/mol. The zero-order valence-electron chi connectivity index (χ0n) is 13.4. The van der Waals surface area contributed by atoms with E-state index in [-0.39, 0.29) is 0 Å². The fourth-order valence-corrected chi connectivity index (χ4v) is 4.16. The molecule has 24 heavy (non-hydrogen) atoms. The molecule has 0 fully saturated rings. The van der Waals surface area contributed by atoms with Crippen LogP contribution in [0.2, 0.25) is 5.15 Å². The fraction of sp³-hybridized carbons (Fsp3) is 0.200. The highest BCUT2D eigenvalue weighted by Gasteiger charge is 2.23. The van der Waals surface area contributed by atoms with Crippen molar-refractivity contribution < 1.29 is 0 Å². The second kappa shape index (κ2) is 5.05. The van der Waals surface area contributed by atoms with Gasteiger partial charge in [0, 0.05) is 11.3 Å². The van der Waals surface area contributed by atoms with Crippen molar-refractivity contribution in [2.24, 2.45) is 0 Å². The smallest absolute Gasteiger partial charge is 0.165 e. The lowest BCUT2D eigenvalue weighted by Gasteiger charge is -2.08. The average Bonchev–Trinajstić information content (AvgIpc) is 3.19. The Hall–Kier alpha value is -2.39. The summed E-state index contributed by atoms with van der Waals surface area (Å²) in [5, 5.41) is 7.86. The molecule has 0 bridgehead atoms. The van der Waals surface area contributed by atoms with Gasteiger partial charge in [0.25, 0.3) is 0 Å². The van der Waals surface area contributed by atoms with Crippen LogP contribution in [0.1, 0.15) is 23.4 Å². The van der Waals surface area contributed by atoms with Crippen molar-refractivity contribution in [1.29, 1.82) is 0 Å². The number of aromatic nitrogens is 3. The first-order chi connectivity index (χ1) is 11.7. The van der Waals surface area contributed by atoms with Gasteiger partial charge in [-0.05, 0) is 42.5 Å².